The van der Waals surface area contributed by atoms with Crippen molar-refractivity contribution in [1.82, 2.24) is 15.3 Å². The molecule has 0 fully saturated rings. The van der Waals surface area contributed by atoms with Crippen molar-refractivity contribution in [3.8, 4) is 22.8 Å². The predicted octanol–water partition coefficient (Wildman–Crippen LogP) is 4.72. The summed E-state index contributed by atoms with van der Waals surface area (Å²) in [6.45, 7) is -3.22. The van der Waals surface area contributed by atoms with E-state index in [9.17, 15) is 36.2 Å². The minimum absolute atomic E-state index is 0.0743. The second-order valence-corrected chi connectivity index (χ2v) is 9.78. The van der Waals surface area contributed by atoms with Gasteiger partial charge < -0.3 is 30.6 Å². The van der Waals surface area contributed by atoms with E-state index in [1.165, 1.54) is 37.4 Å². The first-order valence-electron chi connectivity index (χ1n) is 12.1. The summed E-state index contributed by atoms with van der Waals surface area (Å²) < 4.78 is 92.9. The van der Waals surface area contributed by atoms with E-state index in [4.69, 9.17) is 10.5 Å². The summed E-state index contributed by atoms with van der Waals surface area (Å²) in [6.07, 6.45) is -3.96. The lowest BCUT2D eigenvalue weighted by Gasteiger charge is -2.31. The Hall–Kier alpha value is -4.30. The van der Waals surface area contributed by atoms with Crippen LogP contribution in [0.5, 0.6) is 11.5 Å². The second kappa shape index (κ2) is 9.96. The van der Waals surface area contributed by atoms with Gasteiger partial charge in [0, 0.05) is 28.3 Å². The Bertz CT molecular complexity index is 1620. The number of halogens is 6. The summed E-state index contributed by atoms with van der Waals surface area (Å²) in [6, 6.07) is 9.31. The van der Waals surface area contributed by atoms with Crippen LogP contribution in [0.1, 0.15) is 28.5 Å². The van der Waals surface area contributed by atoms with Gasteiger partial charge in [-0.1, -0.05) is 0 Å². The maximum Gasteiger partial charge on any atom is 0.424 e. The van der Waals surface area contributed by atoms with Crippen molar-refractivity contribution in [2.45, 2.75) is 30.9 Å². The lowest BCUT2D eigenvalue weighted by molar-refractivity contribution is -0.265. The van der Waals surface area contributed by atoms with Crippen LogP contribution in [0.15, 0.2) is 54.7 Å². The van der Waals surface area contributed by atoms with E-state index in [-0.39, 0.29) is 45.6 Å². The summed E-state index contributed by atoms with van der Waals surface area (Å²) in [4.78, 5) is 19.7. The number of aliphatic hydroxyl groups is 1. The number of aromatic nitrogens is 2. The van der Waals surface area contributed by atoms with E-state index in [0.29, 0.717) is 0 Å². The molecule has 0 aliphatic carbocycles. The van der Waals surface area contributed by atoms with Crippen molar-refractivity contribution in [3.05, 3.63) is 77.4 Å². The molecular formula is C27H22F6N4O4. The average Bonchev–Trinajstić information content (AvgIpc) is 3.50. The van der Waals surface area contributed by atoms with E-state index in [1.54, 1.807) is 0 Å². The van der Waals surface area contributed by atoms with Crippen LogP contribution < -0.4 is 20.5 Å². The molecule has 3 heterocycles. The summed E-state index contributed by atoms with van der Waals surface area (Å²) in [5.74, 6) is -2.03. The van der Waals surface area contributed by atoms with Crippen LogP contribution in [-0.2, 0) is 11.1 Å². The number of amides is 1. The number of fused-ring (bicyclic) bond motifs is 2. The Morgan fingerprint density at radius 2 is 1.93 bits per heavy atom. The van der Waals surface area contributed by atoms with Crippen molar-refractivity contribution in [1.29, 1.82) is 0 Å². The number of nitrogens with zero attached hydrogens (tertiary/aromatic N) is 1. The minimum atomic E-state index is -5.36. The number of hydrogen-bond donors (Lipinski definition) is 4. The first kappa shape index (κ1) is 28.2. The number of benzene rings is 2. The highest BCUT2D eigenvalue weighted by Crippen LogP contribution is 2.46. The number of alkyl halides is 5. The van der Waals surface area contributed by atoms with E-state index >= 15 is 0 Å². The monoisotopic (exact) mass is 580 g/mol. The molecule has 2 atom stereocenters. The highest BCUT2D eigenvalue weighted by atomic mass is 19.4. The molecule has 2 aromatic carbocycles. The lowest BCUT2D eigenvalue weighted by Crippen LogP contribution is -2.51. The summed E-state index contributed by atoms with van der Waals surface area (Å²) >= 11 is 0. The Morgan fingerprint density at radius 1 is 1.22 bits per heavy atom. The molecule has 0 spiro atoms. The topological polar surface area (TPSA) is 122 Å². The van der Waals surface area contributed by atoms with E-state index in [1.807, 2.05) is 5.32 Å². The molecule has 0 bridgehead atoms. The fraction of sp³-hybridized carbons (Fsp3) is 0.259. The SMILES string of the molecule is CC1(N)COc2c1cc(C(O)(CNC(=O)c1cc(OC(F)F)c3[nH]ccc3c1)C(F)(F)F)nc2-c1ccc(F)cc1. The van der Waals surface area contributed by atoms with Crippen LogP contribution in [-0.4, -0.2) is 46.9 Å². The van der Waals surface area contributed by atoms with Gasteiger partial charge in [0.1, 0.15) is 18.1 Å². The fourth-order valence-electron chi connectivity index (χ4n) is 4.52. The van der Waals surface area contributed by atoms with Gasteiger partial charge >= 0.3 is 12.8 Å². The third-order valence-corrected chi connectivity index (χ3v) is 6.72. The summed E-state index contributed by atoms with van der Waals surface area (Å²) in [5.41, 5.74) is 0.411. The molecule has 1 aliphatic heterocycles. The van der Waals surface area contributed by atoms with Gasteiger partial charge in [-0.3, -0.25) is 4.79 Å². The van der Waals surface area contributed by atoms with Gasteiger partial charge in [-0.25, -0.2) is 9.37 Å². The largest absolute Gasteiger partial charge is 0.489 e. The minimum Gasteiger partial charge on any atom is -0.489 e. The molecule has 1 aliphatic rings. The zero-order chi connectivity index (χ0) is 29.7. The van der Waals surface area contributed by atoms with Crippen molar-refractivity contribution >= 4 is 16.8 Å². The number of nitrogens with one attached hydrogen (secondary N) is 2. The molecule has 2 aromatic heterocycles. The van der Waals surface area contributed by atoms with Gasteiger partial charge in [-0.05, 0) is 55.5 Å². The predicted molar refractivity (Wildman–Crippen MR) is 134 cm³/mol. The van der Waals surface area contributed by atoms with Gasteiger partial charge in [-0.15, -0.1) is 0 Å². The molecule has 5 rings (SSSR count). The van der Waals surface area contributed by atoms with Gasteiger partial charge in [0.2, 0.25) is 5.60 Å². The summed E-state index contributed by atoms with van der Waals surface area (Å²) in [7, 11) is 0. The number of hydrogen-bond acceptors (Lipinski definition) is 6. The smallest absolute Gasteiger partial charge is 0.424 e. The van der Waals surface area contributed by atoms with Crippen molar-refractivity contribution < 1.29 is 45.7 Å². The molecule has 5 N–H and O–H groups in total. The zero-order valence-electron chi connectivity index (χ0n) is 21.2. The van der Waals surface area contributed by atoms with Crippen LogP contribution in [0.2, 0.25) is 0 Å². The molecular weight excluding hydrogens is 558 g/mol. The van der Waals surface area contributed by atoms with Crippen LogP contribution in [0, 0.1) is 5.82 Å². The number of carbonyl (C=O) groups excluding carboxylic acids is 1. The molecule has 1 amide bonds. The Kier molecular flexibility index (Phi) is 6.86. The highest BCUT2D eigenvalue weighted by molar-refractivity contribution is 6.00. The van der Waals surface area contributed by atoms with Crippen LogP contribution in [0.4, 0.5) is 26.3 Å². The first-order valence-corrected chi connectivity index (χ1v) is 12.1. The molecule has 2 unspecified atom stereocenters. The Morgan fingerprint density at radius 3 is 2.59 bits per heavy atom. The molecule has 41 heavy (non-hydrogen) atoms. The Balaban J connectivity index is 1.54. The number of aromatic amines is 1. The van der Waals surface area contributed by atoms with Gasteiger partial charge in [0.05, 0.1) is 23.3 Å². The number of rotatable bonds is 7. The third kappa shape index (κ3) is 5.15. The number of pyridine rings is 1. The van der Waals surface area contributed by atoms with Crippen LogP contribution >= 0.6 is 0 Å². The van der Waals surface area contributed by atoms with Crippen molar-refractivity contribution in [3.63, 3.8) is 0 Å². The number of H-pyrrole nitrogens is 1. The van der Waals surface area contributed by atoms with Crippen molar-refractivity contribution in [2.24, 2.45) is 5.73 Å². The second-order valence-electron chi connectivity index (χ2n) is 9.78. The van der Waals surface area contributed by atoms with Crippen LogP contribution in [0.3, 0.4) is 0 Å². The lowest BCUT2D eigenvalue weighted by atomic mass is 9.89. The maximum absolute atomic E-state index is 14.5. The molecule has 4 aromatic rings. The van der Waals surface area contributed by atoms with E-state index in [0.717, 1.165) is 24.3 Å². The number of ether oxygens (including phenoxy) is 2. The molecule has 0 radical (unpaired) electrons. The van der Waals surface area contributed by atoms with Gasteiger partial charge in [-0.2, -0.15) is 22.0 Å². The zero-order valence-corrected chi connectivity index (χ0v) is 21.2. The quantitative estimate of drug-likeness (QED) is 0.235. The fourth-order valence-corrected chi connectivity index (χ4v) is 4.52. The van der Waals surface area contributed by atoms with E-state index < -0.39 is 53.6 Å². The normalized spacial score (nSPS) is 18.2. The van der Waals surface area contributed by atoms with Crippen LogP contribution in [0.25, 0.3) is 22.2 Å². The number of nitrogens with two attached hydrogens (primary N) is 1. The first-order chi connectivity index (χ1) is 19.2. The third-order valence-electron chi connectivity index (χ3n) is 6.72. The number of carbonyl (C=O) groups is 1. The van der Waals surface area contributed by atoms with Gasteiger partial charge in [0.15, 0.2) is 11.5 Å². The van der Waals surface area contributed by atoms with Gasteiger partial charge in [0.25, 0.3) is 5.91 Å². The summed E-state index contributed by atoms with van der Waals surface area (Å²) in [5, 5.41) is 13.4. The molecule has 14 heteroatoms. The molecule has 8 nitrogen and oxygen atoms in total. The average molecular weight is 580 g/mol. The Labute approximate surface area is 228 Å². The highest BCUT2D eigenvalue weighted by Gasteiger charge is 2.57. The van der Waals surface area contributed by atoms with Crippen molar-refractivity contribution in [2.75, 3.05) is 13.2 Å². The molecule has 0 saturated heterocycles. The standard InChI is InChI=1S/C27H22F6N4O4/c1-25(34)12-40-22-17(25)10-19(37-21(22)13-2-4-16(28)5-3-13)26(39,27(31,32)33)11-36-23(38)15-8-14-6-7-35-20(14)18(9-15)41-24(29)30/h2-10,24,35,39H,11-12,34H2,1H3,(H,36,38). The molecule has 216 valence electrons. The van der Waals surface area contributed by atoms with E-state index in [2.05, 4.69) is 14.7 Å². The molecule has 0 saturated carbocycles. The maximum atomic E-state index is 14.5.